The lowest BCUT2D eigenvalue weighted by molar-refractivity contribution is -0.129. The predicted octanol–water partition coefficient (Wildman–Crippen LogP) is 3.66. The summed E-state index contributed by atoms with van der Waals surface area (Å²) < 4.78 is 16.1. The third-order valence-electron chi connectivity index (χ3n) is 4.62. The molecule has 0 radical (unpaired) electrons. The molecule has 1 heterocycles. The van der Waals surface area contributed by atoms with Crippen molar-refractivity contribution in [3.63, 3.8) is 0 Å². The molecule has 7 heteroatoms. The summed E-state index contributed by atoms with van der Waals surface area (Å²) in [5.74, 6) is -0.129. The lowest BCUT2D eigenvalue weighted by Crippen LogP contribution is -2.36. The molecule has 1 aliphatic carbocycles. The fraction of sp³-hybridized carbons (Fsp3) is 0.500. The maximum absolute atomic E-state index is 12.4. The molecule has 0 saturated carbocycles. The summed E-state index contributed by atoms with van der Waals surface area (Å²) in [5, 5.41) is 3.10. The van der Waals surface area contributed by atoms with E-state index in [0.29, 0.717) is 31.3 Å². The van der Waals surface area contributed by atoms with Gasteiger partial charge >= 0.3 is 5.97 Å². The van der Waals surface area contributed by atoms with Crippen LogP contribution < -0.4 is 14.8 Å². The Morgan fingerprint density at radius 3 is 2.85 bits per heavy atom. The van der Waals surface area contributed by atoms with Gasteiger partial charge in [0.15, 0.2) is 17.6 Å². The van der Waals surface area contributed by atoms with Crippen molar-refractivity contribution in [2.24, 2.45) is 0 Å². The Morgan fingerprint density at radius 2 is 2.07 bits per heavy atom. The SMILES string of the molecule is CC(OC(=O)c1cc(Cl)c2c(c1)OCCO2)C(=O)NCCC1=CCCCC1. The largest absolute Gasteiger partial charge is 0.486 e. The Morgan fingerprint density at radius 1 is 1.26 bits per heavy atom. The average Bonchev–Trinajstić information content (AvgIpc) is 2.68. The number of ether oxygens (including phenoxy) is 3. The molecule has 6 nitrogen and oxygen atoms in total. The molecule has 3 rings (SSSR count). The van der Waals surface area contributed by atoms with E-state index in [4.69, 9.17) is 25.8 Å². The van der Waals surface area contributed by atoms with Crippen LogP contribution in [0.3, 0.4) is 0 Å². The highest BCUT2D eigenvalue weighted by molar-refractivity contribution is 6.32. The number of carbonyl (C=O) groups excluding carboxylic acids is 2. The Labute approximate surface area is 163 Å². The lowest BCUT2D eigenvalue weighted by Gasteiger charge is -2.20. The highest BCUT2D eigenvalue weighted by atomic mass is 35.5. The van der Waals surface area contributed by atoms with E-state index in [2.05, 4.69) is 11.4 Å². The van der Waals surface area contributed by atoms with Crippen molar-refractivity contribution in [1.29, 1.82) is 0 Å². The molecule has 1 amide bonds. The summed E-state index contributed by atoms with van der Waals surface area (Å²) in [4.78, 5) is 24.5. The number of esters is 1. The molecule has 0 aromatic heterocycles. The first kappa shape index (κ1) is 19.5. The summed E-state index contributed by atoms with van der Waals surface area (Å²) in [6.07, 6.45) is 6.87. The number of rotatable bonds is 6. The summed E-state index contributed by atoms with van der Waals surface area (Å²) in [6.45, 7) is 2.89. The number of amides is 1. The molecule has 1 N–H and O–H groups in total. The molecule has 0 fully saturated rings. The van der Waals surface area contributed by atoms with Crippen LogP contribution in [0.4, 0.5) is 0 Å². The molecular formula is C20H24ClNO5. The van der Waals surface area contributed by atoms with Crippen LogP contribution in [0.25, 0.3) is 0 Å². The first-order valence-corrected chi connectivity index (χ1v) is 9.68. The van der Waals surface area contributed by atoms with Gasteiger partial charge in [-0.15, -0.1) is 0 Å². The molecule has 1 aromatic carbocycles. The molecule has 146 valence electrons. The number of benzene rings is 1. The fourth-order valence-electron chi connectivity index (χ4n) is 3.13. The van der Waals surface area contributed by atoms with Gasteiger partial charge in [-0.25, -0.2) is 4.79 Å². The minimum absolute atomic E-state index is 0.219. The lowest BCUT2D eigenvalue weighted by atomic mass is 9.97. The van der Waals surface area contributed by atoms with Gasteiger partial charge in [0.05, 0.1) is 10.6 Å². The molecule has 1 aromatic rings. The van der Waals surface area contributed by atoms with E-state index in [1.54, 1.807) is 6.92 Å². The summed E-state index contributed by atoms with van der Waals surface area (Å²) in [6, 6.07) is 2.97. The van der Waals surface area contributed by atoms with Gasteiger partial charge in [-0.3, -0.25) is 4.79 Å². The Bertz CT molecular complexity index is 746. The second-order valence-corrected chi connectivity index (χ2v) is 7.09. The Kier molecular flexibility index (Phi) is 6.61. The maximum Gasteiger partial charge on any atom is 0.339 e. The van der Waals surface area contributed by atoms with Gasteiger partial charge in [-0.05, 0) is 51.2 Å². The van der Waals surface area contributed by atoms with Gasteiger partial charge in [0.25, 0.3) is 5.91 Å². The van der Waals surface area contributed by atoms with Gasteiger partial charge in [0, 0.05) is 6.54 Å². The number of nitrogens with one attached hydrogen (secondary N) is 1. The van der Waals surface area contributed by atoms with Crippen LogP contribution in [0.2, 0.25) is 5.02 Å². The highest BCUT2D eigenvalue weighted by Gasteiger charge is 2.23. The third-order valence-corrected chi connectivity index (χ3v) is 4.90. The van der Waals surface area contributed by atoms with Gasteiger partial charge < -0.3 is 19.5 Å². The number of hydrogen-bond acceptors (Lipinski definition) is 5. The second kappa shape index (κ2) is 9.13. The number of allylic oxidation sites excluding steroid dienone is 1. The van der Waals surface area contributed by atoms with Crippen molar-refractivity contribution in [1.82, 2.24) is 5.32 Å². The van der Waals surface area contributed by atoms with Crippen LogP contribution in [0.15, 0.2) is 23.8 Å². The van der Waals surface area contributed by atoms with Gasteiger partial charge in [-0.1, -0.05) is 23.3 Å². The highest BCUT2D eigenvalue weighted by Crippen LogP contribution is 2.38. The van der Waals surface area contributed by atoms with Crippen LogP contribution in [0, 0.1) is 0 Å². The average molecular weight is 394 g/mol. The molecule has 1 aliphatic heterocycles. The molecule has 2 aliphatic rings. The minimum atomic E-state index is -0.898. The van der Waals surface area contributed by atoms with E-state index < -0.39 is 12.1 Å². The Balaban J connectivity index is 1.51. The first-order valence-electron chi connectivity index (χ1n) is 9.30. The second-order valence-electron chi connectivity index (χ2n) is 6.68. The third kappa shape index (κ3) is 5.16. The van der Waals surface area contributed by atoms with Gasteiger partial charge in [0.1, 0.15) is 13.2 Å². The predicted molar refractivity (Wildman–Crippen MR) is 101 cm³/mol. The van der Waals surface area contributed by atoms with Gasteiger partial charge in [-0.2, -0.15) is 0 Å². The van der Waals surface area contributed by atoms with Crippen molar-refractivity contribution >= 4 is 23.5 Å². The first-order chi connectivity index (χ1) is 13.0. The van der Waals surface area contributed by atoms with E-state index in [1.165, 1.54) is 30.5 Å². The Hall–Kier alpha value is -2.21. The van der Waals surface area contributed by atoms with E-state index in [-0.39, 0.29) is 16.5 Å². The minimum Gasteiger partial charge on any atom is -0.486 e. The van der Waals surface area contributed by atoms with Gasteiger partial charge in [0.2, 0.25) is 0 Å². The van der Waals surface area contributed by atoms with Crippen LogP contribution in [-0.2, 0) is 9.53 Å². The standard InChI is InChI=1S/C20H24ClNO5/c1-13(19(23)22-8-7-14-5-3-2-4-6-14)27-20(24)15-11-16(21)18-17(12-15)25-9-10-26-18/h5,11-13H,2-4,6-10H2,1H3,(H,22,23). The molecule has 0 spiro atoms. The summed E-state index contributed by atoms with van der Waals surface area (Å²) in [5.41, 5.74) is 1.60. The molecule has 1 unspecified atom stereocenters. The normalized spacial score (nSPS) is 16.9. The number of halogens is 1. The topological polar surface area (TPSA) is 73.9 Å². The van der Waals surface area contributed by atoms with Crippen molar-refractivity contribution in [3.05, 3.63) is 34.4 Å². The van der Waals surface area contributed by atoms with Crippen LogP contribution in [0.5, 0.6) is 11.5 Å². The van der Waals surface area contributed by atoms with Crippen molar-refractivity contribution < 1.29 is 23.8 Å². The van der Waals surface area contributed by atoms with Crippen molar-refractivity contribution in [2.75, 3.05) is 19.8 Å². The number of carbonyl (C=O) groups is 2. The smallest absolute Gasteiger partial charge is 0.339 e. The van der Waals surface area contributed by atoms with E-state index in [0.717, 1.165) is 19.3 Å². The number of fused-ring (bicyclic) bond motifs is 1. The summed E-state index contributed by atoms with van der Waals surface area (Å²) in [7, 11) is 0. The fourth-order valence-corrected chi connectivity index (χ4v) is 3.40. The monoisotopic (exact) mass is 393 g/mol. The zero-order valence-electron chi connectivity index (χ0n) is 15.4. The van der Waals surface area contributed by atoms with Crippen LogP contribution >= 0.6 is 11.6 Å². The summed E-state index contributed by atoms with van der Waals surface area (Å²) >= 11 is 6.14. The van der Waals surface area contributed by atoms with Crippen molar-refractivity contribution in [2.45, 2.75) is 45.1 Å². The molecule has 1 atom stereocenters. The zero-order valence-corrected chi connectivity index (χ0v) is 16.1. The van der Waals surface area contributed by atoms with E-state index >= 15 is 0 Å². The quantitative estimate of drug-likeness (QED) is 0.589. The molecular weight excluding hydrogens is 370 g/mol. The van der Waals surface area contributed by atoms with Crippen LogP contribution in [0.1, 0.15) is 49.4 Å². The molecule has 0 bridgehead atoms. The molecule has 0 saturated heterocycles. The van der Waals surface area contributed by atoms with Crippen LogP contribution in [-0.4, -0.2) is 37.7 Å². The molecule has 27 heavy (non-hydrogen) atoms. The van der Waals surface area contributed by atoms with E-state index in [1.807, 2.05) is 0 Å². The zero-order chi connectivity index (χ0) is 19.2. The number of hydrogen-bond donors (Lipinski definition) is 1. The van der Waals surface area contributed by atoms with Crippen molar-refractivity contribution in [3.8, 4) is 11.5 Å². The van der Waals surface area contributed by atoms with E-state index in [9.17, 15) is 9.59 Å². The maximum atomic E-state index is 12.4.